The molecule has 4 rings (SSSR count). The van der Waals surface area contributed by atoms with Gasteiger partial charge in [-0.15, -0.1) is 11.3 Å². The van der Waals surface area contributed by atoms with Crippen molar-refractivity contribution in [2.45, 2.75) is 44.2 Å². The Balaban J connectivity index is 1.49. The highest BCUT2D eigenvalue weighted by molar-refractivity contribution is 7.16. The number of hydrogen-bond acceptors (Lipinski definition) is 6. The number of aromatic nitrogens is 1. The number of aliphatic hydroxyl groups excluding tert-OH is 1. The third kappa shape index (κ3) is 3.72. The Hall–Kier alpha value is -2.25. The van der Waals surface area contributed by atoms with Gasteiger partial charge in [0, 0.05) is 6.04 Å². The lowest BCUT2D eigenvalue weighted by Crippen LogP contribution is -2.42. The minimum Gasteiger partial charge on any atom is -0.393 e. The van der Waals surface area contributed by atoms with Crippen LogP contribution < -0.4 is 10.6 Å². The van der Waals surface area contributed by atoms with E-state index in [1.807, 2.05) is 23.7 Å². The fourth-order valence-electron chi connectivity index (χ4n) is 3.28. The van der Waals surface area contributed by atoms with Crippen molar-refractivity contribution in [1.82, 2.24) is 15.6 Å². The van der Waals surface area contributed by atoms with Crippen LogP contribution in [0.25, 0.3) is 16.3 Å². The molecule has 130 valence electrons. The SMILES string of the molecule is O=C1NC(NC2CCCC(O)CC2)=N/C1=C\c1ccc2ncsc2c1. The summed E-state index contributed by atoms with van der Waals surface area (Å²) in [5.41, 5.74) is 4.11. The molecule has 2 aliphatic rings. The Labute approximate surface area is 149 Å². The lowest BCUT2D eigenvalue weighted by atomic mass is 10.1. The number of fused-ring (bicyclic) bond motifs is 1. The predicted octanol–water partition coefficient (Wildman–Crippen LogP) is 2.41. The fraction of sp³-hybridized carbons (Fsp3) is 0.389. The number of thiazole rings is 1. The molecule has 0 bridgehead atoms. The van der Waals surface area contributed by atoms with Crippen LogP contribution in [0.1, 0.15) is 37.7 Å². The van der Waals surface area contributed by atoms with Crippen molar-refractivity contribution in [3.05, 3.63) is 35.0 Å². The van der Waals surface area contributed by atoms with Gasteiger partial charge in [0.05, 0.1) is 21.8 Å². The van der Waals surface area contributed by atoms with Gasteiger partial charge in [0.15, 0.2) is 0 Å². The van der Waals surface area contributed by atoms with E-state index in [1.54, 1.807) is 17.4 Å². The van der Waals surface area contributed by atoms with Crippen molar-refractivity contribution in [1.29, 1.82) is 0 Å². The van der Waals surface area contributed by atoms with Gasteiger partial charge >= 0.3 is 0 Å². The monoisotopic (exact) mass is 356 g/mol. The van der Waals surface area contributed by atoms with Gasteiger partial charge in [-0.3, -0.25) is 10.1 Å². The molecular weight excluding hydrogens is 336 g/mol. The minimum atomic E-state index is -0.205. The maximum Gasteiger partial charge on any atom is 0.276 e. The molecular formula is C18H20N4O2S. The van der Waals surface area contributed by atoms with Crippen molar-refractivity contribution in [2.75, 3.05) is 0 Å². The summed E-state index contributed by atoms with van der Waals surface area (Å²) in [6.07, 6.45) is 6.07. The van der Waals surface area contributed by atoms with Crippen LogP contribution in [0.3, 0.4) is 0 Å². The number of guanidine groups is 1. The highest BCUT2D eigenvalue weighted by Crippen LogP contribution is 2.22. The standard InChI is InChI=1S/C18H20N4O2S/c23-13-3-1-2-12(5-6-13)20-18-21-15(17(24)22-18)8-11-4-7-14-16(9-11)25-10-19-14/h4,7-10,12-13,23H,1-3,5-6H2,(H2,20,21,22,24)/b15-8-. The third-order valence-electron chi connectivity index (χ3n) is 4.63. The van der Waals surface area contributed by atoms with Crippen LogP contribution in [0, 0.1) is 0 Å². The quantitative estimate of drug-likeness (QED) is 0.570. The Morgan fingerprint density at radius 1 is 1.28 bits per heavy atom. The van der Waals surface area contributed by atoms with E-state index in [-0.39, 0.29) is 18.1 Å². The lowest BCUT2D eigenvalue weighted by molar-refractivity contribution is -0.115. The number of carbonyl (C=O) groups is 1. The molecule has 1 aromatic carbocycles. The van der Waals surface area contributed by atoms with Gasteiger partial charge in [-0.05, 0) is 55.9 Å². The number of benzene rings is 1. The van der Waals surface area contributed by atoms with Gasteiger partial charge < -0.3 is 10.4 Å². The van der Waals surface area contributed by atoms with Crippen molar-refractivity contribution in [3.63, 3.8) is 0 Å². The average molecular weight is 356 g/mol. The van der Waals surface area contributed by atoms with Crippen LogP contribution in [0.2, 0.25) is 0 Å². The van der Waals surface area contributed by atoms with E-state index in [2.05, 4.69) is 20.6 Å². The third-order valence-corrected chi connectivity index (χ3v) is 5.43. The summed E-state index contributed by atoms with van der Waals surface area (Å²) >= 11 is 1.58. The summed E-state index contributed by atoms with van der Waals surface area (Å²) in [6.45, 7) is 0. The number of hydrogen-bond donors (Lipinski definition) is 3. The molecule has 7 heteroatoms. The lowest BCUT2D eigenvalue weighted by Gasteiger charge is -2.16. The maximum absolute atomic E-state index is 12.2. The van der Waals surface area contributed by atoms with Crippen LogP contribution in [-0.2, 0) is 4.79 Å². The summed E-state index contributed by atoms with van der Waals surface area (Å²) in [4.78, 5) is 20.8. The molecule has 1 aliphatic carbocycles. The maximum atomic E-state index is 12.2. The Bertz CT molecular complexity index is 858. The second-order valence-electron chi connectivity index (χ2n) is 6.53. The van der Waals surface area contributed by atoms with Crippen molar-refractivity contribution in [3.8, 4) is 0 Å². The largest absolute Gasteiger partial charge is 0.393 e. The van der Waals surface area contributed by atoms with E-state index in [4.69, 9.17) is 0 Å². The van der Waals surface area contributed by atoms with Crippen molar-refractivity contribution >= 4 is 39.5 Å². The first kappa shape index (κ1) is 16.2. The topological polar surface area (TPSA) is 86.6 Å². The molecule has 2 heterocycles. The molecule has 2 aromatic rings. The first-order valence-corrected chi connectivity index (χ1v) is 9.45. The highest BCUT2D eigenvalue weighted by atomic mass is 32.1. The van der Waals surface area contributed by atoms with Crippen LogP contribution in [0.15, 0.2) is 34.4 Å². The van der Waals surface area contributed by atoms with Crippen LogP contribution in [0.4, 0.5) is 0 Å². The molecule has 1 saturated carbocycles. The first-order chi connectivity index (χ1) is 12.2. The van der Waals surface area contributed by atoms with Gasteiger partial charge in [-0.2, -0.15) is 0 Å². The molecule has 1 fully saturated rings. The number of rotatable bonds is 2. The zero-order chi connectivity index (χ0) is 17.2. The molecule has 1 amide bonds. The summed E-state index contributed by atoms with van der Waals surface area (Å²) in [5.74, 6) is 0.317. The van der Waals surface area contributed by atoms with Gasteiger partial charge in [0.1, 0.15) is 5.70 Å². The Morgan fingerprint density at radius 3 is 3.12 bits per heavy atom. The van der Waals surface area contributed by atoms with Gasteiger partial charge in [0.25, 0.3) is 5.91 Å². The fourth-order valence-corrected chi connectivity index (χ4v) is 4.00. The zero-order valence-electron chi connectivity index (χ0n) is 13.7. The second kappa shape index (κ2) is 6.93. The van der Waals surface area contributed by atoms with Crippen LogP contribution >= 0.6 is 11.3 Å². The molecule has 0 radical (unpaired) electrons. The Kier molecular flexibility index (Phi) is 4.50. The zero-order valence-corrected chi connectivity index (χ0v) is 14.6. The number of amides is 1. The predicted molar refractivity (Wildman–Crippen MR) is 99.2 cm³/mol. The van der Waals surface area contributed by atoms with Crippen molar-refractivity contribution < 1.29 is 9.90 Å². The van der Waals surface area contributed by atoms with Crippen molar-refractivity contribution in [2.24, 2.45) is 4.99 Å². The number of nitrogens with zero attached hydrogens (tertiary/aromatic N) is 2. The molecule has 0 spiro atoms. The Morgan fingerprint density at radius 2 is 2.20 bits per heavy atom. The summed E-state index contributed by atoms with van der Waals surface area (Å²) in [5, 5.41) is 15.8. The van der Waals surface area contributed by atoms with Gasteiger partial charge in [-0.1, -0.05) is 6.07 Å². The van der Waals surface area contributed by atoms with E-state index >= 15 is 0 Å². The molecule has 1 aliphatic heterocycles. The van der Waals surface area contributed by atoms with E-state index in [1.165, 1.54) is 0 Å². The molecule has 25 heavy (non-hydrogen) atoms. The van der Waals surface area contributed by atoms with E-state index in [0.717, 1.165) is 47.9 Å². The van der Waals surface area contributed by atoms with E-state index in [0.29, 0.717) is 11.7 Å². The summed E-state index contributed by atoms with van der Waals surface area (Å²) in [7, 11) is 0. The number of carbonyl (C=O) groups excluding carboxylic acids is 1. The smallest absolute Gasteiger partial charge is 0.276 e. The summed E-state index contributed by atoms with van der Waals surface area (Å²) in [6, 6.07) is 6.14. The van der Waals surface area contributed by atoms with E-state index < -0.39 is 0 Å². The minimum absolute atomic E-state index is 0.194. The van der Waals surface area contributed by atoms with Gasteiger partial charge in [0.2, 0.25) is 5.96 Å². The van der Waals surface area contributed by atoms with E-state index in [9.17, 15) is 9.90 Å². The number of aliphatic hydroxyl groups is 1. The van der Waals surface area contributed by atoms with Gasteiger partial charge in [-0.25, -0.2) is 9.98 Å². The first-order valence-electron chi connectivity index (χ1n) is 8.57. The molecule has 3 N–H and O–H groups in total. The highest BCUT2D eigenvalue weighted by Gasteiger charge is 2.24. The number of nitrogens with one attached hydrogen (secondary N) is 2. The molecule has 1 aromatic heterocycles. The molecule has 2 atom stereocenters. The summed E-state index contributed by atoms with van der Waals surface area (Å²) < 4.78 is 1.09. The molecule has 6 nitrogen and oxygen atoms in total. The normalized spacial score (nSPS) is 25.7. The van der Waals surface area contributed by atoms with Crippen LogP contribution in [0.5, 0.6) is 0 Å². The number of aliphatic imine (C=N–C) groups is 1. The second-order valence-corrected chi connectivity index (χ2v) is 7.41. The average Bonchev–Trinajstić information content (AvgIpc) is 3.12. The van der Waals surface area contributed by atoms with Crippen LogP contribution in [-0.4, -0.2) is 34.1 Å². The molecule has 0 saturated heterocycles. The molecule has 2 unspecified atom stereocenters.